The summed E-state index contributed by atoms with van der Waals surface area (Å²) in [6.45, 7) is 1.87. The lowest BCUT2D eigenvalue weighted by Crippen LogP contribution is -2.40. The molecule has 1 aromatic heterocycles. The summed E-state index contributed by atoms with van der Waals surface area (Å²) >= 11 is 1.05. The lowest BCUT2D eigenvalue weighted by molar-refractivity contribution is -0.385. The fourth-order valence-electron chi connectivity index (χ4n) is 5.66. The highest BCUT2D eigenvalue weighted by molar-refractivity contribution is 7.07. The van der Waals surface area contributed by atoms with E-state index >= 15 is 0 Å². The van der Waals surface area contributed by atoms with Gasteiger partial charge in [-0.05, 0) is 48.9 Å². The van der Waals surface area contributed by atoms with Crippen LogP contribution >= 0.6 is 11.3 Å². The van der Waals surface area contributed by atoms with Crippen molar-refractivity contribution in [1.29, 1.82) is 0 Å². The molecule has 5 aromatic rings. The number of hydrogen-bond acceptors (Lipinski definition) is 10. The second-order valence-corrected chi connectivity index (χ2v) is 12.1. The van der Waals surface area contributed by atoms with Crippen LogP contribution in [0.2, 0.25) is 0 Å². The highest BCUT2D eigenvalue weighted by Gasteiger charge is 2.34. The van der Waals surface area contributed by atoms with Gasteiger partial charge in [0.25, 0.3) is 17.2 Å². The lowest BCUT2D eigenvalue weighted by Gasteiger charge is -2.26. The van der Waals surface area contributed by atoms with E-state index in [0.29, 0.717) is 33.2 Å². The van der Waals surface area contributed by atoms with Gasteiger partial charge in [-0.3, -0.25) is 24.3 Å². The second kappa shape index (κ2) is 14.5. The molecular formula is C37H32N4O8S. The van der Waals surface area contributed by atoms with E-state index in [0.717, 1.165) is 16.9 Å². The molecule has 0 fully saturated rings. The number of amides is 1. The van der Waals surface area contributed by atoms with Crippen molar-refractivity contribution in [2.75, 3.05) is 26.6 Å². The predicted molar refractivity (Wildman–Crippen MR) is 189 cm³/mol. The van der Waals surface area contributed by atoms with E-state index in [1.807, 2.05) is 36.4 Å². The van der Waals surface area contributed by atoms with Gasteiger partial charge in [-0.15, -0.1) is 0 Å². The number of nitrogens with zero attached hydrogens (tertiary/aromatic N) is 3. The molecule has 12 nitrogen and oxygen atoms in total. The third kappa shape index (κ3) is 6.71. The van der Waals surface area contributed by atoms with Crippen LogP contribution in [-0.2, 0) is 11.4 Å². The van der Waals surface area contributed by atoms with E-state index < -0.39 is 22.4 Å². The van der Waals surface area contributed by atoms with Crippen LogP contribution in [0.3, 0.4) is 0 Å². The zero-order valence-corrected chi connectivity index (χ0v) is 28.4. The third-order valence-corrected chi connectivity index (χ3v) is 9.05. The van der Waals surface area contributed by atoms with Gasteiger partial charge in [-0.25, -0.2) is 4.99 Å². The Balaban J connectivity index is 1.49. The number of benzene rings is 4. The average Bonchev–Trinajstić information content (AvgIpc) is 3.43. The number of para-hydroxylation sites is 1. The first-order valence-corrected chi connectivity index (χ1v) is 16.2. The summed E-state index contributed by atoms with van der Waals surface area (Å²) in [6.07, 6.45) is 1.43. The van der Waals surface area contributed by atoms with Crippen LogP contribution < -0.4 is 39.2 Å². The predicted octanol–water partition coefficient (Wildman–Crippen LogP) is 5.39. The Bertz CT molecular complexity index is 2300. The lowest BCUT2D eigenvalue weighted by atomic mass is 9.94. The third-order valence-electron chi connectivity index (χ3n) is 8.07. The minimum absolute atomic E-state index is 0.125. The highest BCUT2D eigenvalue weighted by Crippen LogP contribution is 2.38. The van der Waals surface area contributed by atoms with Crippen LogP contribution in [0.1, 0.15) is 29.7 Å². The van der Waals surface area contributed by atoms with Gasteiger partial charge in [-0.1, -0.05) is 59.9 Å². The van der Waals surface area contributed by atoms with Gasteiger partial charge in [0, 0.05) is 17.3 Å². The molecular weight excluding hydrogens is 660 g/mol. The van der Waals surface area contributed by atoms with E-state index in [2.05, 4.69) is 10.3 Å². The van der Waals surface area contributed by atoms with Gasteiger partial charge < -0.3 is 24.3 Å². The number of ether oxygens (including phenoxy) is 4. The van der Waals surface area contributed by atoms with Gasteiger partial charge in [0.2, 0.25) is 0 Å². The first-order valence-electron chi connectivity index (χ1n) is 15.4. The van der Waals surface area contributed by atoms with E-state index in [1.165, 1.54) is 44.1 Å². The van der Waals surface area contributed by atoms with Gasteiger partial charge in [0.15, 0.2) is 16.3 Å². The van der Waals surface area contributed by atoms with Gasteiger partial charge in [-0.2, -0.15) is 0 Å². The second-order valence-electron chi connectivity index (χ2n) is 11.1. The average molecular weight is 693 g/mol. The molecule has 13 heteroatoms. The van der Waals surface area contributed by atoms with Crippen LogP contribution in [0, 0.1) is 10.1 Å². The maximum absolute atomic E-state index is 14.4. The molecule has 2 heterocycles. The maximum Gasteiger partial charge on any atom is 0.280 e. The number of fused-ring (bicyclic) bond motifs is 1. The monoisotopic (exact) mass is 692 g/mol. The number of hydrogen-bond donors (Lipinski definition) is 1. The van der Waals surface area contributed by atoms with Crippen molar-refractivity contribution in [2.24, 2.45) is 4.99 Å². The van der Waals surface area contributed by atoms with Crippen LogP contribution in [0.4, 0.5) is 11.4 Å². The SMILES string of the molecule is COc1ccc([C@@H]2C(C(=O)Nc3ccccc3)=C(C)N=c3s/c(=C\c4cc(OC)c(OCc5ccccc5)cc4[N+](=O)[O-])c(=O)n32)c(OC)c1. The number of aromatic nitrogens is 1. The molecule has 1 aliphatic rings. The largest absolute Gasteiger partial charge is 0.497 e. The van der Waals surface area contributed by atoms with Crippen molar-refractivity contribution in [3.05, 3.63) is 149 Å². The van der Waals surface area contributed by atoms with Crippen molar-refractivity contribution in [3.8, 4) is 23.0 Å². The summed E-state index contributed by atoms with van der Waals surface area (Å²) in [6, 6.07) is 25.2. The number of allylic oxidation sites excluding steroid dienone is 1. The number of nitrogens with one attached hydrogen (secondary N) is 1. The summed E-state index contributed by atoms with van der Waals surface area (Å²) in [5, 5.41) is 15.2. The number of methoxy groups -OCH3 is 3. The van der Waals surface area contributed by atoms with Gasteiger partial charge >= 0.3 is 0 Å². The molecule has 0 aliphatic carbocycles. The molecule has 4 aromatic carbocycles. The minimum atomic E-state index is -0.962. The molecule has 1 aliphatic heterocycles. The zero-order chi connectivity index (χ0) is 35.4. The number of nitro groups is 1. The van der Waals surface area contributed by atoms with Crippen LogP contribution in [0.5, 0.6) is 23.0 Å². The molecule has 0 radical (unpaired) electrons. The number of carbonyl (C=O) groups excluding carboxylic acids is 1. The zero-order valence-electron chi connectivity index (χ0n) is 27.5. The number of anilines is 1. The Labute approximate surface area is 290 Å². The smallest absolute Gasteiger partial charge is 0.280 e. The number of nitro benzene ring substituents is 1. The Kier molecular flexibility index (Phi) is 9.77. The van der Waals surface area contributed by atoms with Crippen molar-refractivity contribution >= 4 is 34.7 Å². The van der Waals surface area contributed by atoms with Crippen molar-refractivity contribution < 1.29 is 28.7 Å². The molecule has 1 amide bonds. The van der Waals surface area contributed by atoms with Crippen molar-refractivity contribution in [1.82, 2.24) is 4.57 Å². The molecule has 0 saturated heterocycles. The Morgan fingerprint density at radius 1 is 0.940 bits per heavy atom. The Morgan fingerprint density at radius 2 is 1.64 bits per heavy atom. The highest BCUT2D eigenvalue weighted by atomic mass is 32.1. The van der Waals surface area contributed by atoms with Gasteiger partial charge in [0.1, 0.15) is 24.1 Å². The maximum atomic E-state index is 14.4. The minimum Gasteiger partial charge on any atom is -0.497 e. The van der Waals surface area contributed by atoms with Crippen LogP contribution in [0.15, 0.2) is 112 Å². The fraction of sp³-hybridized carbons (Fsp3) is 0.162. The van der Waals surface area contributed by atoms with Crippen molar-refractivity contribution in [2.45, 2.75) is 19.6 Å². The number of thiazole rings is 1. The van der Waals surface area contributed by atoms with E-state index in [1.54, 1.807) is 49.4 Å². The van der Waals surface area contributed by atoms with E-state index in [9.17, 15) is 19.7 Å². The summed E-state index contributed by atoms with van der Waals surface area (Å²) in [5.41, 5.74) is 1.90. The Hall–Kier alpha value is -6.21. The topological polar surface area (TPSA) is 144 Å². The van der Waals surface area contributed by atoms with Gasteiger partial charge in [0.05, 0.1) is 53.7 Å². The first kappa shape index (κ1) is 33.7. The van der Waals surface area contributed by atoms with Crippen LogP contribution in [0.25, 0.3) is 6.08 Å². The first-order chi connectivity index (χ1) is 24.2. The normalized spacial score (nSPS) is 14.0. The quantitative estimate of drug-likeness (QED) is 0.144. The molecule has 0 bridgehead atoms. The van der Waals surface area contributed by atoms with Crippen LogP contribution in [-0.4, -0.2) is 36.7 Å². The van der Waals surface area contributed by atoms with E-state index in [4.69, 9.17) is 18.9 Å². The fourth-order valence-corrected chi connectivity index (χ4v) is 6.70. The van der Waals surface area contributed by atoms with Crippen molar-refractivity contribution in [3.63, 3.8) is 0 Å². The number of carbonyl (C=O) groups is 1. The van der Waals surface area contributed by atoms with E-state index in [-0.39, 0.29) is 39.5 Å². The molecule has 6 rings (SSSR count). The summed E-state index contributed by atoms with van der Waals surface area (Å²) in [4.78, 5) is 45.0. The molecule has 1 N–H and O–H groups in total. The molecule has 1 atom stereocenters. The molecule has 0 spiro atoms. The summed E-state index contributed by atoms with van der Waals surface area (Å²) < 4.78 is 24.1. The number of rotatable bonds is 11. The molecule has 0 unspecified atom stereocenters. The molecule has 254 valence electrons. The molecule has 0 saturated carbocycles. The molecule has 50 heavy (non-hydrogen) atoms. The summed E-state index contributed by atoms with van der Waals surface area (Å²) in [7, 11) is 4.44. The summed E-state index contributed by atoms with van der Waals surface area (Å²) in [5.74, 6) is 0.877. The standard InChI is InChI=1S/C37H32N4O8S/c1-22-33(35(42)39-25-13-9-6-10-14-25)34(27-16-15-26(46-2)19-29(27)47-3)40-36(43)32(50-37(40)38-22)18-24-17-30(48-4)31(20-28(24)41(44)45)49-21-23-11-7-5-8-12-23/h5-20,34H,21H2,1-4H3,(H,39,42)/b32-18-/t34-/m1/s1. The Morgan fingerprint density at radius 3 is 2.30 bits per heavy atom.